The first kappa shape index (κ1) is 27.0. The van der Waals surface area contributed by atoms with Gasteiger partial charge >= 0.3 is 5.97 Å². The quantitative estimate of drug-likeness (QED) is 0.206. The topological polar surface area (TPSA) is 77.8 Å². The first-order chi connectivity index (χ1) is 19.7. The van der Waals surface area contributed by atoms with Gasteiger partial charge in [-0.1, -0.05) is 29.8 Å². The van der Waals surface area contributed by atoms with Crippen molar-refractivity contribution >= 4 is 43.9 Å². The molecule has 0 unspecified atom stereocenters. The van der Waals surface area contributed by atoms with Crippen molar-refractivity contribution in [1.82, 2.24) is 3.97 Å². The monoisotopic (exact) mass is 590 g/mol. The van der Waals surface area contributed by atoms with Crippen molar-refractivity contribution in [2.45, 2.75) is 11.8 Å². The Morgan fingerprint density at radius 3 is 2.46 bits per heavy atom. The molecule has 0 radical (unpaired) electrons. The van der Waals surface area contributed by atoms with Gasteiger partial charge in [-0.2, -0.15) is 0 Å². The number of benzene rings is 3. The first-order valence-corrected chi connectivity index (χ1v) is 15.3. The third kappa shape index (κ3) is 4.57. The van der Waals surface area contributed by atoms with Crippen molar-refractivity contribution in [3.63, 3.8) is 0 Å². The lowest BCUT2D eigenvalue weighted by molar-refractivity contribution is -0.146. The van der Waals surface area contributed by atoms with E-state index in [0.717, 1.165) is 11.3 Å². The van der Waals surface area contributed by atoms with E-state index in [1.54, 1.807) is 31.4 Å². The van der Waals surface area contributed by atoms with Gasteiger partial charge in [0.2, 0.25) is 0 Å². The Bertz CT molecular complexity index is 1890. The van der Waals surface area contributed by atoms with Crippen LogP contribution in [0.15, 0.2) is 83.1 Å². The van der Waals surface area contributed by atoms with Crippen LogP contribution in [0.1, 0.15) is 5.56 Å². The zero-order chi connectivity index (χ0) is 28.9. The Hall–Kier alpha value is -4.15. The van der Waals surface area contributed by atoms with Crippen LogP contribution in [0.3, 0.4) is 0 Å². The average Bonchev–Trinajstić information content (AvgIpc) is 3.54. The third-order valence-corrected chi connectivity index (χ3v) is 10.0. The lowest BCUT2D eigenvalue weighted by Crippen LogP contribution is -2.50. The van der Waals surface area contributed by atoms with E-state index in [2.05, 4.69) is 0 Å². The Morgan fingerprint density at radius 1 is 1.00 bits per heavy atom. The summed E-state index contributed by atoms with van der Waals surface area (Å²) in [6.45, 7) is 2.89. The molecule has 1 aliphatic rings. The third-order valence-electron chi connectivity index (χ3n) is 7.43. The Balaban J connectivity index is 1.64. The molecule has 0 saturated carbocycles. The molecule has 0 atom stereocenters. The zero-order valence-electron chi connectivity index (χ0n) is 22.6. The summed E-state index contributed by atoms with van der Waals surface area (Å²) in [5.74, 6) is -0.950. The zero-order valence-corrected chi connectivity index (χ0v) is 24.3. The minimum absolute atomic E-state index is 0.120. The molecule has 2 aromatic heterocycles. The number of esters is 1. The average molecular weight is 591 g/mol. The van der Waals surface area contributed by atoms with E-state index in [0.29, 0.717) is 51.4 Å². The van der Waals surface area contributed by atoms with E-state index < -0.39 is 15.8 Å². The minimum Gasteiger partial charge on any atom is -0.487 e. The van der Waals surface area contributed by atoms with Gasteiger partial charge in [0.1, 0.15) is 5.82 Å². The molecule has 6 rings (SSSR count). The Morgan fingerprint density at radius 2 is 1.76 bits per heavy atom. The summed E-state index contributed by atoms with van der Waals surface area (Å²) < 4.78 is 55.4. The maximum atomic E-state index is 14.8. The SMILES string of the molecule is COC(=O)C1CN(c2cccc(-c3c(-c4ccsc4OC)c4cc(F)ccc4n3S(=O)(=O)c3ccc(C)cc3)c2)C1. The van der Waals surface area contributed by atoms with Gasteiger partial charge in [-0.05, 0) is 60.8 Å². The highest BCUT2D eigenvalue weighted by molar-refractivity contribution is 7.90. The molecule has 5 aromatic rings. The smallest absolute Gasteiger partial charge is 0.312 e. The van der Waals surface area contributed by atoms with Crippen LogP contribution in [-0.4, -0.2) is 45.7 Å². The number of ether oxygens (including phenoxy) is 2. The fourth-order valence-corrected chi connectivity index (χ4v) is 7.60. The molecule has 1 fully saturated rings. The van der Waals surface area contributed by atoms with Gasteiger partial charge in [-0.3, -0.25) is 4.79 Å². The largest absolute Gasteiger partial charge is 0.487 e. The second-order valence-corrected chi connectivity index (χ2v) is 12.6. The summed E-state index contributed by atoms with van der Waals surface area (Å²) in [4.78, 5) is 14.1. The summed E-state index contributed by atoms with van der Waals surface area (Å²) in [5.41, 5.74) is 4.36. The molecule has 210 valence electrons. The van der Waals surface area contributed by atoms with Gasteiger partial charge in [0, 0.05) is 40.9 Å². The molecule has 0 aliphatic carbocycles. The first-order valence-electron chi connectivity index (χ1n) is 12.9. The van der Waals surface area contributed by atoms with Crippen LogP contribution < -0.4 is 9.64 Å². The summed E-state index contributed by atoms with van der Waals surface area (Å²) in [6, 6.07) is 20.2. The highest BCUT2D eigenvalue weighted by atomic mass is 32.2. The summed E-state index contributed by atoms with van der Waals surface area (Å²) in [6.07, 6.45) is 0. The molecule has 0 N–H and O–H groups in total. The van der Waals surface area contributed by atoms with Crippen LogP contribution in [0.4, 0.5) is 10.1 Å². The molecule has 0 spiro atoms. The van der Waals surface area contributed by atoms with E-state index in [9.17, 15) is 17.6 Å². The van der Waals surface area contributed by atoms with Gasteiger partial charge in [-0.25, -0.2) is 16.8 Å². The van der Waals surface area contributed by atoms with Gasteiger partial charge in [0.25, 0.3) is 10.0 Å². The van der Waals surface area contributed by atoms with Crippen LogP contribution in [-0.2, 0) is 19.6 Å². The molecule has 10 heteroatoms. The number of aromatic nitrogens is 1. The van der Waals surface area contributed by atoms with Gasteiger partial charge in [-0.15, -0.1) is 11.3 Å². The van der Waals surface area contributed by atoms with E-state index in [1.807, 2.05) is 47.5 Å². The lowest BCUT2D eigenvalue weighted by atomic mass is 9.97. The van der Waals surface area contributed by atoms with Crippen LogP contribution >= 0.6 is 11.3 Å². The van der Waals surface area contributed by atoms with E-state index in [4.69, 9.17) is 9.47 Å². The molecule has 3 heterocycles. The predicted octanol–water partition coefficient (Wildman–Crippen LogP) is 6.34. The van der Waals surface area contributed by atoms with Crippen LogP contribution in [0.5, 0.6) is 5.06 Å². The maximum absolute atomic E-state index is 14.8. The minimum atomic E-state index is -4.13. The highest BCUT2D eigenvalue weighted by Crippen LogP contribution is 2.48. The second-order valence-electron chi connectivity index (χ2n) is 9.97. The van der Waals surface area contributed by atoms with E-state index in [-0.39, 0.29) is 16.8 Å². The number of carbonyl (C=O) groups is 1. The number of halogens is 1. The lowest BCUT2D eigenvalue weighted by Gasteiger charge is -2.39. The van der Waals surface area contributed by atoms with Crippen molar-refractivity contribution in [3.8, 4) is 27.4 Å². The number of aryl methyl sites for hydroxylation is 1. The molecule has 0 amide bonds. The molecule has 0 bridgehead atoms. The number of fused-ring (bicyclic) bond motifs is 1. The van der Waals surface area contributed by atoms with E-state index >= 15 is 0 Å². The summed E-state index contributed by atoms with van der Waals surface area (Å²) >= 11 is 1.37. The standard InChI is InChI=1S/C31H27FN2O5S2/c1-19-7-10-24(11-8-19)41(36,37)34-27-12-9-22(32)16-26(27)28(25-13-14-40-31(25)39-3)29(34)20-5-4-6-23(15-20)33-17-21(18-33)30(35)38-2/h4-16,21H,17-18H2,1-3H3. The number of thiophene rings is 1. The summed E-state index contributed by atoms with van der Waals surface area (Å²) in [5, 5.41) is 2.90. The molecular formula is C31H27FN2O5S2. The van der Waals surface area contributed by atoms with Crippen molar-refractivity contribution in [1.29, 1.82) is 0 Å². The van der Waals surface area contributed by atoms with Crippen molar-refractivity contribution in [3.05, 3.63) is 89.6 Å². The predicted molar refractivity (Wildman–Crippen MR) is 159 cm³/mol. The highest BCUT2D eigenvalue weighted by Gasteiger charge is 2.35. The van der Waals surface area contributed by atoms with Gasteiger partial charge in [0.15, 0.2) is 5.06 Å². The van der Waals surface area contributed by atoms with Crippen molar-refractivity contribution in [2.75, 3.05) is 32.2 Å². The number of hydrogen-bond donors (Lipinski definition) is 0. The number of anilines is 1. The molecule has 7 nitrogen and oxygen atoms in total. The Kier molecular flexibility index (Phi) is 6.83. The maximum Gasteiger partial charge on any atom is 0.312 e. The summed E-state index contributed by atoms with van der Waals surface area (Å²) in [7, 11) is -1.20. The van der Waals surface area contributed by atoms with Crippen LogP contribution in [0.25, 0.3) is 33.3 Å². The fourth-order valence-electron chi connectivity index (χ4n) is 5.33. The number of rotatable bonds is 7. The molecule has 3 aromatic carbocycles. The molecule has 1 aliphatic heterocycles. The number of hydrogen-bond acceptors (Lipinski definition) is 7. The van der Waals surface area contributed by atoms with Gasteiger partial charge in [0.05, 0.1) is 36.2 Å². The number of methoxy groups -OCH3 is 2. The molecule has 1 saturated heterocycles. The normalized spacial score (nSPS) is 13.8. The van der Waals surface area contributed by atoms with Crippen molar-refractivity contribution < 1.29 is 27.1 Å². The van der Waals surface area contributed by atoms with Crippen LogP contribution in [0.2, 0.25) is 0 Å². The Labute approximate surface area is 241 Å². The molecular weight excluding hydrogens is 563 g/mol. The number of nitrogens with zero attached hydrogens (tertiary/aromatic N) is 2. The fraction of sp³-hybridized carbons (Fsp3) is 0.194. The van der Waals surface area contributed by atoms with E-state index in [1.165, 1.54) is 40.6 Å². The number of carbonyl (C=O) groups excluding carboxylic acids is 1. The van der Waals surface area contributed by atoms with Gasteiger partial charge < -0.3 is 14.4 Å². The van der Waals surface area contributed by atoms with Crippen molar-refractivity contribution in [2.24, 2.45) is 5.92 Å². The molecule has 41 heavy (non-hydrogen) atoms. The second kappa shape index (κ2) is 10.4. The van der Waals surface area contributed by atoms with Crippen LogP contribution in [0, 0.1) is 18.7 Å².